The number of nitrogens with zero attached hydrogens (tertiary/aromatic N) is 1. The minimum Gasteiger partial charge on any atom is -0.336 e. The van der Waals surface area contributed by atoms with Crippen LogP contribution in [-0.2, 0) is 4.79 Å². The monoisotopic (exact) mass is 260 g/mol. The summed E-state index contributed by atoms with van der Waals surface area (Å²) in [6.45, 7) is 6.78. The largest absolute Gasteiger partial charge is 0.336 e. The summed E-state index contributed by atoms with van der Waals surface area (Å²) in [7, 11) is 0. The molecule has 1 atom stereocenters. The molecule has 1 aliphatic heterocycles. The number of hydrogen-bond donors (Lipinski definition) is 1. The first-order chi connectivity index (χ1) is 8.88. The topological polar surface area (TPSA) is 46.3 Å². The number of rotatable bonds is 3. The maximum absolute atomic E-state index is 12.4. The van der Waals surface area contributed by atoms with Gasteiger partial charge in [-0.3, -0.25) is 4.79 Å². The van der Waals surface area contributed by atoms with Crippen LogP contribution in [0.5, 0.6) is 0 Å². The van der Waals surface area contributed by atoms with Gasteiger partial charge in [0.2, 0.25) is 5.91 Å². The Morgan fingerprint density at radius 2 is 2.11 bits per heavy atom. The highest BCUT2D eigenvalue weighted by Crippen LogP contribution is 2.34. The molecular weight excluding hydrogens is 236 g/mol. The highest BCUT2D eigenvalue weighted by atomic mass is 16.2. The van der Waals surface area contributed by atoms with Gasteiger partial charge in [0.15, 0.2) is 0 Å². The van der Waals surface area contributed by atoms with Gasteiger partial charge in [-0.25, -0.2) is 0 Å². The van der Waals surface area contributed by atoms with Crippen molar-refractivity contribution in [3.05, 3.63) is 35.4 Å². The normalized spacial score (nSPS) is 19.8. The Bertz CT molecular complexity index is 462. The molecule has 1 fully saturated rings. The van der Waals surface area contributed by atoms with Crippen LogP contribution in [-0.4, -0.2) is 22.9 Å². The van der Waals surface area contributed by atoms with Crippen LogP contribution >= 0.6 is 0 Å². The zero-order valence-electron chi connectivity index (χ0n) is 12.1. The van der Waals surface area contributed by atoms with E-state index in [0.29, 0.717) is 6.42 Å². The van der Waals surface area contributed by atoms with E-state index in [1.807, 2.05) is 24.8 Å². The molecule has 1 unspecified atom stereocenters. The van der Waals surface area contributed by atoms with Gasteiger partial charge in [-0.15, -0.1) is 0 Å². The zero-order valence-corrected chi connectivity index (χ0v) is 12.1. The lowest BCUT2D eigenvalue weighted by Gasteiger charge is -2.29. The number of benzene rings is 1. The second kappa shape index (κ2) is 5.33. The lowest BCUT2D eigenvalue weighted by molar-refractivity contribution is -0.133. The van der Waals surface area contributed by atoms with E-state index in [2.05, 4.69) is 25.1 Å². The average molecular weight is 260 g/mol. The number of carbonyl (C=O) groups excluding carboxylic acids is 1. The van der Waals surface area contributed by atoms with Crippen molar-refractivity contribution in [3.63, 3.8) is 0 Å². The van der Waals surface area contributed by atoms with Gasteiger partial charge in [0.1, 0.15) is 0 Å². The van der Waals surface area contributed by atoms with Crippen LogP contribution in [0.4, 0.5) is 0 Å². The van der Waals surface area contributed by atoms with Gasteiger partial charge < -0.3 is 10.6 Å². The van der Waals surface area contributed by atoms with Crippen molar-refractivity contribution in [1.82, 2.24) is 4.90 Å². The van der Waals surface area contributed by atoms with E-state index in [4.69, 9.17) is 5.73 Å². The van der Waals surface area contributed by atoms with Gasteiger partial charge in [-0.2, -0.15) is 0 Å². The van der Waals surface area contributed by atoms with E-state index >= 15 is 0 Å². The van der Waals surface area contributed by atoms with Crippen molar-refractivity contribution in [1.29, 1.82) is 0 Å². The van der Waals surface area contributed by atoms with Crippen molar-refractivity contribution in [2.24, 2.45) is 5.73 Å². The van der Waals surface area contributed by atoms with Crippen LogP contribution in [0.25, 0.3) is 0 Å². The molecule has 0 spiro atoms. The molecule has 0 aromatic heterocycles. The fourth-order valence-electron chi connectivity index (χ4n) is 2.84. The van der Waals surface area contributed by atoms with E-state index in [-0.39, 0.29) is 11.9 Å². The average Bonchev–Trinajstić information content (AvgIpc) is 2.76. The van der Waals surface area contributed by atoms with Crippen molar-refractivity contribution in [2.75, 3.05) is 6.54 Å². The molecule has 0 radical (unpaired) electrons. The first-order valence-electron chi connectivity index (χ1n) is 7.02. The molecule has 0 bridgehead atoms. The van der Waals surface area contributed by atoms with E-state index in [1.54, 1.807) is 0 Å². The molecule has 3 nitrogen and oxygen atoms in total. The lowest BCUT2D eigenvalue weighted by Crippen LogP contribution is -2.41. The summed E-state index contributed by atoms with van der Waals surface area (Å²) in [6.07, 6.45) is 2.55. The second-order valence-electron chi connectivity index (χ2n) is 6.27. The van der Waals surface area contributed by atoms with Crippen LogP contribution in [0, 0.1) is 6.92 Å². The standard InChI is InChI=1S/C16H24N2O/c1-12-7-4-5-8-13(12)14-9-6-10-18(14)15(19)11-16(2,3)17/h4-5,7-8,14H,6,9-11,17H2,1-3H3. The predicted molar refractivity (Wildman–Crippen MR) is 77.8 cm³/mol. The van der Waals surface area contributed by atoms with Gasteiger partial charge in [0.05, 0.1) is 6.04 Å². The molecule has 1 heterocycles. The number of hydrogen-bond acceptors (Lipinski definition) is 2. The Balaban J connectivity index is 2.18. The molecule has 1 saturated heterocycles. The Labute approximate surface area is 115 Å². The maximum Gasteiger partial charge on any atom is 0.224 e. The molecule has 104 valence electrons. The van der Waals surface area contributed by atoms with Crippen LogP contribution < -0.4 is 5.73 Å². The number of amides is 1. The van der Waals surface area contributed by atoms with Crippen LogP contribution in [0.2, 0.25) is 0 Å². The number of nitrogens with two attached hydrogens (primary N) is 1. The Morgan fingerprint density at radius 3 is 2.74 bits per heavy atom. The fourth-order valence-corrected chi connectivity index (χ4v) is 2.84. The summed E-state index contributed by atoms with van der Waals surface area (Å²) < 4.78 is 0. The van der Waals surface area contributed by atoms with E-state index < -0.39 is 5.54 Å². The summed E-state index contributed by atoms with van der Waals surface area (Å²) in [6, 6.07) is 8.58. The fraction of sp³-hybridized carbons (Fsp3) is 0.562. The molecule has 0 aliphatic carbocycles. The molecule has 2 rings (SSSR count). The Kier molecular flexibility index (Phi) is 3.95. The van der Waals surface area contributed by atoms with Gasteiger partial charge in [-0.05, 0) is 44.7 Å². The van der Waals surface area contributed by atoms with Crippen molar-refractivity contribution in [3.8, 4) is 0 Å². The number of likely N-dealkylation sites (tertiary alicyclic amines) is 1. The number of aryl methyl sites for hydroxylation is 1. The molecule has 1 aromatic carbocycles. The van der Waals surface area contributed by atoms with Crippen LogP contribution in [0.15, 0.2) is 24.3 Å². The predicted octanol–water partition coefficient (Wildman–Crippen LogP) is 2.79. The molecule has 3 heteroatoms. The van der Waals surface area contributed by atoms with Crippen LogP contribution in [0.3, 0.4) is 0 Å². The quantitative estimate of drug-likeness (QED) is 0.908. The summed E-state index contributed by atoms with van der Waals surface area (Å²) in [5.41, 5.74) is 8.08. The zero-order chi connectivity index (χ0) is 14.0. The summed E-state index contributed by atoms with van der Waals surface area (Å²) in [5.74, 6) is 0.179. The molecule has 2 N–H and O–H groups in total. The van der Waals surface area contributed by atoms with Crippen LogP contribution in [0.1, 0.15) is 50.3 Å². The third kappa shape index (κ3) is 3.35. The van der Waals surface area contributed by atoms with Gasteiger partial charge in [0.25, 0.3) is 0 Å². The first kappa shape index (κ1) is 14.1. The van der Waals surface area contributed by atoms with Gasteiger partial charge in [0, 0.05) is 18.5 Å². The van der Waals surface area contributed by atoms with Crippen molar-refractivity contribution < 1.29 is 4.79 Å². The highest BCUT2D eigenvalue weighted by Gasteiger charge is 2.32. The minimum atomic E-state index is -0.435. The first-order valence-corrected chi connectivity index (χ1v) is 7.02. The van der Waals surface area contributed by atoms with Gasteiger partial charge in [-0.1, -0.05) is 24.3 Å². The Hall–Kier alpha value is -1.35. The third-order valence-electron chi connectivity index (χ3n) is 3.73. The van der Waals surface area contributed by atoms with E-state index in [1.165, 1.54) is 11.1 Å². The smallest absolute Gasteiger partial charge is 0.224 e. The summed E-state index contributed by atoms with van der Waals surface area (Å²) in [5, 5.41) is 0. The molecule has 1 amide bonds. The van der Waals surface area contributed by atoms with E-state index in [9.17, 15) is 4.79 Å². The lowest BCUT2D eigenvalue weighted by atomic mass is 9.97. The molecule has 19 heavy (non-hydrogen) atoms. The SMILES string of the molecule is Cc1ccccc1C1CCCN1C(=O)CC(C)(C)N. The maximum atomic E-state index is 12.4. The second-order valence-corrected chi connectivity index (χ2v) is 6.27. The minimum absolute atomic E-state index is 0.179. The molecule has 1 aliphatic rings. The third-order valence-corrected chi connectivity index (χ3v) is 3.73. The molecule has 0 saturated carbocycles. The number of carbonyl (C=O) groups is 1. The van der Waals surface area contributed by atoms with Crippen molar-refractivity contribution >= 4 is 5.91 Å². The Morgan fingerprint density at radius 1 is 1.42 bits per heavy atom. The highest BCUT2D eigenvalue weighted by molar-refractivity contribution is 5.78. The van der Waals surface area contributed by atoms with Crippen molar-refractivity contribution in [2.45, 2.75) is 51.6 Å². The summed E-state index contributed by atoms with van der Waals surface area (Å²) in [4.78, 5) is 14.4. The van der Waals surface area contributed by atoms with Gasteiger partial charge >= 0.3 is 0 Å². The molecular formula is C16H24N2O. The molecule has 1 aromatic rings. The summed E-state index contributed by atoms with van der Waals surface area (Å²) >= 11 is 0. The van der Waals surface area contributed by atoms with E-state index in [0.717, 1.165) is 19.4 Å².